The highest BCUT2D eigenvalue weighted by atomic mass is 19.1. The second-order valence-corrected chi connectivity index (χ2v) is 6.79. The number of ether oxygens (including phenoxy) is 1. The van der Waals surface area contributed by atoms with Gasteiger partial charge in [-0.2, -0.15) is 9.36 Å². The second kappa shape index (κ2) is 7.90. The molecule has 0 aliphatic carbocycles. The van der Waals surface area contributed by atoms with E-state index in [1.807, 2.05) is 13.0 Å². The molecule has 0 saturated carbocycles. The number of aromatic nitrogens is 4. The Morgan fingerprint density at radius 1 is 0.967 bits per heavy atom. The zero-order chi connectivity index (χ0) is 21.3. The molecule has 4 aromatic rings. The lowest BCUT2D eigenvalue weighted by molar-refractivity contribution is 0.301. The normalized spacial score (nSPS) is 10.9. The topological polar surface area (TPSA) is 61.9 Å². The van der Waals surface area contributed by atoms with Gasteiger partial charge in [-0.05, 0) is 34.5 Å². The van der Waals surface area contributed by atoms with E-state index < -0.39 is 17.3 Å². The van der Waals surface area contributed by atoms with Gasteiger partial charge in [-0.25, -0.2) is 13.6 Å². The number of benzene rings is 3. The first-order valence-corrected chi connectivity index (χ1v) is 9.21. The van der Waals surface area contributed by atoms with E-state index in [0.29, 0.717) is 16.8 Å². The molecule has 0 amide bonds. The molecule has 6 nitrogen and oxygen atoms in total. The predicted octanol–water partition coefficient (Wildman–Crippen LogP) is 3.80. The van der Waals surface area contributed by atoms with E-state index in [-0.39, 0.29) is 17.9 Å². The van der Waals surface area contributed by atoms with Crippen LogP contribution in [0.2, 0.25) is 0 Å². The standard InChI is InChI=1S/C22H18F2N4O2/c1-14-7-6-10-20(28-22(29)27(2)25-26-28)17(14)13-30-16-11-18(23)21(19(24)12-16)15-8-4-3-5-9-15/h3-12H,13H2,1-2H3. The zero-order valence-corrected chi connectivity index (χ0v) is 16.3. The fraction of sp³-hybridized carbons (Fsp3) is 0.136. The number of hydrogen-bond donors (Lipinski definition) is 0. The van der Waals surface area contributed by atoms with Gasteiger partial charge in [0.15, 0.2) is 0 Å². The van der Waals surface area contributed by atoms with Crippen LogP contribution in [0.3, 0.4) is 0 Å². The van der Waals surface area contributed by atoms with Crippen molar-refractivity contribution in [2.24, 2.45) is 7.05 Å². The molecule has 8 heteroatoms. The minimum Gasteiger partial charge on any atom is -0.489 e. The molecule has 152 valence electrons. The summed E-state index contributed by atoms with van der Waals surface area (Å²) in [4.78, 5) is 12.2. The van der Waals surface area contributed by atoms with Gasteiger partial charge in [0, 0.05) is 24.7 Å². The molecule has 1 heterocycles. The van der Waals surface area contributed by atoms with Gasteiger partial charge in [0.1, 0.15) is 24.0 Å². The highest BCUT2D eigenvalue weighted by molar-refractivity contribution is 5.65. The Morgan fingerprint density at radius 3 is 2.30 bits per heavy atom. The summed E-state index contributed by atoms with van der Waals surface area (Å²) in [7, 11) is 1.50. The van der Waals surface area contributed by atoms with Crippen LogP contribution in [0.5, 0.6) is 5.75 Å². The Morgan fingerprint density at radius 2 is 1.67 bits per heavy atom. The molecular formula is C22H18F2N4O2. The van der Waals surface area contributed by atoms with E-state index >= 15 is 0 Å². The monoisotopic (exact) mass is 408 g/mol. The average molecular weight is 408 g/mol. The summed E-state index contributed by atoms with van der Waals surface area (Å²) in [6.07, 6.45) is 0. The van der Waals surface area contributed by atoms with Gasteiger partial charge in [-0.15, -0.1) is 0 Å². The first kappa shape index (κ1) is 19.5. The third-order valence-electron chi connectivity index (χ3n) is 4.80. The van der Waals surface area contributed by atoms with Crippen LogP contribution in [0, 0.1) is 18.6 Å². The Kier molecular flexibility index (Phi) is 5.14. The van der Waals surface area contributed by atoms with Crippen LogP contribution < -0.4 is 10.4 Å². The lowest BCUT2D eigenvalue weighted by atomic mass is 10.0. The number of nitrogens with zero attached hydrogens (tertiary/aromatic N) is 4. The van der Waals surface area contributed by atoms with Gasteiger partial charge in [0.05, 0.1) is 11.3 Å². The maximum Gasteiger partial charge on any atom is 0.368 e. The molecule has 0 bridgehead atoms. The summed E-state index contributed by atoms with van der Waals surface area (Å²) in [5.74, 6) is -1.39. The smallest absolute Gasteiger partial charge is 0.368 e. The van der Waals surface area contributed by atoms with E-state index in [2.05, 4.69) is 10.4 Å². The van der Waals surface area contributed by atoms with Crippen LogP contribution in [0.25, 0.3) is 16.8 Å². The number of rotatable bonds is 5. The maximum absolute atomic E-state index is 14.6. The van der Waals surface area contributed by atoms with Gasteiger partial charge < -0.3 is 4.74 Å². The molecule has 4 rings (SSSR count). The van der Waals surface area contributed by atoms with E-state index in [1.165, 1.54) is 7.05 Å². The Labute approximate surface area is 170 Å². The Hall–Kier alpha value is -3.81. The molecule has 0 aliphatic heterocycles. The summed E-state index contributed by atoms with van der Waals surface area (Å²) in [5.41, 5.74) is 1.92. The van der Waals surface area contributed by atoms with Gasteiger partial charge in [0.25, 0.3) is 0 Å². The molecule has 0 N–H and O–H groups in total. The molecular weight excluding hydrogens is 390 g/mol. The van der Waals surface area contributed by atoms with Gasteiger partial charge in [-0.1, -0.05) is 42.5 Å². The van der Waals surface area contributed by atoms with Crippen LogP contribution in [0.4, 0.5) is 8.78 Å². The van der Waals surface area contributed by atoms with Crippen molar-refractivity contribution in [1.29, 1.82) is 0 Å². The maximum atomic E-state index is 14.6. The summed E-state index contributed by atoms with van der Waals surface area (Å²) < 4.78 is 37.2. The first-order chi connectivity index (χ1) is 14.5. The number of aryl methyl sites for hydroxylation is 2. The van der Waals surface area contributed by atoms with Crippen molar-refractivity contribution in [1.82, 2.24) is 19.8 Å². The molecule has 30 heavy (non-hydrogen) atoms. The number of halogens is 2. The number of tetrazole rings is 1. The van der Waals surface area contributed by atoms with Gasteiger partial charge >= 0.3 is 5.69 Å². The minimum atomic E-state index is -0.716. The molecule has 1 aromatic heterocycles. The van der Waals surface area contributed by atoms with Crippen molar-refractivity contribution in [2.45, 2.75) is 13.5 Å². The summed E-state index contributed by atoms with van der Waals surface area (Å²) in [5, 5.41) is 7.58. The van der Waals surface area contributed by atoms with Gasteiger partial charge in [-0.3, -0.25) is 0 Å². The van der Waals surface area contributed by atoms with E-state index in [1.54, 1.807) is 42.5 Å². The average Bonchev–Trinajstić information content (AvgIpc) is 3.06. The Bertz CT molecular complexity index is 1240. The van der Waals surface area contributed by atoms with Gasteiger partial charge in [0.2, 0.25) is 0 Å². The van der Waals surface area contributed by atoms with Crippen molar-refractivity contribution in [3.05, 3.63) is 93.9 Å². The van der Waals surface area contributed by atoms with Crippen molar-refractivity contribution in [2.75, 3.05) is 0 Å². The lowest BCUT2D eigenvalue weighted by Crippen LogP contribution is -2.23. The van der Waals surface area contributed by atoms with Crippen LogP contribution in [-0.2, 0) is 13.7 Å². The summed E-state index contributed by atoms with van der Waals surface area (Å²) >= 11 is 0. The molecule has 0 unspecified atom stereocenters. The molecule has 0 fully saturated rings. The van der Waals surface area contributed by atoms with Crippen LogP contribution in [0.1, 0.15) is 11.1 Å². The minimum absolute atomic E-state index is 0.00537. The second-order valence-electron chi connectivity index (χ2n) is 6.79. The molecule has 0 spiro atoms. The lowest BCUT2D eigenvalue weighted by Gasteiger charge is -2.14. The van der Waals surface area contributed by atoms with E-state index in [9.17, 15) is 13.6 Å². The molecule has 0 atom stereocenters. The molecule has 0 radical (unpaired) electrons. The zero-order valence-electron chi connectivity index (χ0n) is 16.3. The highest BCUT2D eigenvalue weighted by Crippen LogP contribution is 2.30. The SMILES string of the molecule is Cc1cccc(-n2nnn(C)c2=O)c1COc1cc(F)c(-c2ccccc2)c(F)c1. The third-order valence-corrected chi connectivity index (χ3v) is 4.80. The largest absolute Gasteiger partial charge is 0.489 e. The van der Waals surface area contributed by atoms with Crippen molar-refractivity contribution >= 4 is 0 Å². The predicted molar refractivity (Wildman–Crippen MR) is 107 cm³/mol. The van der Waals surface area contributed by atoms with Crippen molar-refractivity contribution in [3.8, 4) is 22.6 Å². The van der Waals surface area contributed by atoms with Crippen LogP contribution in [0.15, 0.2) is 65.5 Å². The van der Waals surface area contributed by atoms with E-state index in [0.717, 1.165) is 27.1 Å². The molecule has 0 aliphatic rings. The van der Waals surface area contributed by atoms with Crippen LogP contribution in [-0.4, -0.2) is 19.8 Å². The fourth-order valence-electron chi connectivity index (χ4n) is 3.21. The molecule has 3 aromatic carbocycles. The van der Waals surface area contributed by atoms with Crippen LogP contribution >= 0.6 is 0 Å². The fourth-order valence-corrected chi connectivity index (χ4v) is 3.21. The van der Waals surface area contributed by atoms with E-state index in [4.69, 9.17) is 4.74 Å². The number of hydrogen-bond acceptors (Lipinski definition) is 4. The third kappa shape index (κ3) is 3.59. The quantitative estimate of drug-likeness (QED) is 0.504. The Balaban J connectivity index is 1.65. The molecule has 0 saturated heterocycles. The van der Waals surface area contributed by atoms with Crippen molar-refractivity contribution < 1.29 is 13.5 Å². The van der Waals surface area contributed by atoms with Crippen molar-refractivity contribution in [3.63, 3.8) is 0 Å². The summed E-state index contributed by atoms with van der Waals surface area (Å²) in [6, 6.07) is 16.1. The first-order valence-electron chi connectivity index (χ1n) is 9.21. The highest BCUT2D eigenvalue weighted by Gasteiger charge is 2.16. The summed E-state index contributed by atoms with van der Waals surface area (Å²) in [6.45, 7) is 1.85.